The highest BCUT2D eigenvalue weighted by Gasteiger charge is 2.24. The first kappa shape index (κ1) is 19.8. The van der Waals surface area contributed by atoms with Crippen LogP contribution >= 0.6 is 23.1 Å². The van der Waals surface area contributed by atoms with Gasteiger partial charge in [0.15, 0.2) is 5.13 Å². The van der Waals surface area contributed by atoms with Crippen LogP contribution in [-0.4, -0.2) is 29.1 Å². The van der Waals surface area contributed by atoms with Crippen molar-refractivity contribution in [1.82, 2.24) is 4.98 Å². The summed E-state index contributed by atoms with van der Waals surface area (Å²) in [5, 5.41) is 7.72. The smallest absolute Gasteiger partial charge is 0.237 e. The van der Waals surface area contributed by atoms with Crippen molar-refractivity contribution < 1.29 is 9.59 Å². The number of thiazole rings is 1. The lowest BCUT2D eigenvalue weighted by molar-refractivity contribution is -0.117. The molecule has 0 aliphatic carbocycles. The van der Waals surface area contributed by atoms with E-state index in [1.54, 1.807) is 4.90 Å². The third kappa shape index (κ3) is 4.19. The molecule has 0 spiro atoms. The molecule has 5 nitrogen and oxygen atoms in total. The van der Waals surface area contributed by atoms with E-state index in [0.29, 0.717) is 17.4 Å². The van der Waals surface area contributed by atoms with Gasteiger partial charge in [-0.2, -0.15) is 0 Å². The predicted octanol–water partition coefficient (Wildman–Crippen LogP) is 5.43. The van der Waals surface area contributed by atoms with Crippen LogP contribution in [0.5, 0.6) is 0 Å². The summed E-state index contributed by atoms with van der Waals surface area (Å²) in [6, 6.07) is 22.2. The Kier molecular flexibility index (Phi) is 5.44. The van der Waals surface area contributed by atoms with Crippen LogP contribution in [0.2, 0.25) is 0 Å². The topological polar surface area (TPSA) is 62.3 Å². The maximum absolute atomic E-state index is 12.5. The van der Waals surface area contributed by atoms with Crippen molar-refractivity contribution in [1.29, 1.82) is 0 Å². The summed E-state index contributed by atoms with van der Waals surface area (Å²) < 4.78 is 0. The number of carbonyl (C=O) groups is 2. The van der Waals surface area contributed by atoms with Crippen LogP contribution in [0.3, 0.4) is 0 Å². The van der Waals surface area contributed by atoms with E-state index in [-0.39, 0.29) is 18.2 Å². The molecule has 0 atom stereocenters. The van der Waals surface area contributed by atoms with Crippen LogP contribution in [0, 0.1) is 0 Å². The molecule has 1 aliphatic heterocycles. The molecule has 1 aromatic heterocycles. The van der Waals surface area contributed by atoms with Crippen molar-refractivity contribution in [3.05, 3.63) is 72.1 Å². The van der Waals surface area contributed by atoms with E-state index in [1.165, 1.54) is 28.5 Å². The van der Waals surface area contributed by atoms with Crippen molar-refractivity contribution in [2.45, 2.75) is 11.3 Å². The third-order valence-corrected chi connectivity index (χ3v) is 6.97. The maximum Gasteiger partial charge on any atom is 0.237 e. The van der Waals surface area contributed by atoms with Gasteiger partial charge in [0.05, 0.1) is 17.1 Å². The molecule has 5 rings (SSSR count). The third-order valence-electron chi connectivity index (χ3n) is 5.17. The Morgan fingerprint density at radius 2 is 1.84 bits per heavy atom. The highest BCUT2D eigenvalue weighted by molar-refractivity contribution is 8.00. The Hall–Kier alpha value is -3.16. The summed E-state index contributed by atoms with van der Waals surface area (Å²) in [5.41, 5.74) is 2.73. The molecule has 0 fully saturated rings. The van der Waals surface area contributed by atoms with Crippen molar-refractivity contribution in [3.8, 4) is 11.3 Å². The number of hydrogen-bond acceptors (Lipinski definition) is 5. The van der Waals surface area contributed by atoms with Crippen LogP contribution < -0.4 is 10.2 Å². The zero-order valence-electron chi connectivity index (χ0n) is 16.6. The normalized spacial score (nSPS) is 13.3. The first-order chi connectivity index (χ1) is 15.2. The molecule has 0 saturated heterocycles. The number of para-hydroxylation sites is 1. The Balaban J connectivity index is 1.24. The molecule has 4 aromatic rings. The van der Waals surface area contributed by atoms with Gasteiger partial charge in [-0.15, -0.1) is 23.1 Å². The second-order valence-corrected chi connectivity index (χ2v) is 9.08. The van der Waals surface area contributed by atoms with Crippen molar-refractivity contribution in [2.75, 3.05) is 22.5 Å². The fourth-order valence-corrected chi connectivity index (χ4v) is 5.28. The van der Waals surface area contributed by atoms with Crippen LogP contribution in [0.4, 0.5) is 10.8 Å². The highest BCUT2D eigenvalue weighted by Crippen LogP contribution is 2.35. The first-order valence-electron chi connectivity index (χ1n) is 9.94. The number of nitrogens with zero attached hydrogens (tertiary/aromatic N) is 2. The number of nitrogens with one attached hydrogen (secondary N) is 1. The molecule has 2 heterocycles. The molecule has 2 amide bonds. The van der Waals surface area contributed by atoms with Gasteiger partial charge in [-0.1, -0.05) is 48.5 Å². The molecule has 0 bridgehead atoms. The van der Waals surface area contributed by atoms with Crippen LogP contribution in [0.1, 0.15) is 6.42 Å². The van der Waals surface area contributed by atoms with E-state index >= 15 is 0 Å². The SMILES string of the molecule is O=C(CCN1C(=O)CSc2ccccc21)Nc1nc(-c2ccc3ccccc3c2)cs1. The fourth-order valence-electron chi connectivity index (χ4n) is 3.61. The second kappa shape index (κ2) is 8.53. The van der Waals surface area contributed by atoms with Crippen molar-refractivity contribution in [3.63, 3.8) is 0 Å². The summed E-state index contributed by atoms with van der Waals surface area (Å²) in [6.07, 6.45) is 0.218. The zero-order chi connectivity index (χ0) is 21.2. The number of aromatic nitrogens is 1. The number of carbonyl (C=O) groups excluding carboxylic acids is 2. The summed E-state index contributed by atoms with van der Waals surface area (Å²) in [4.78, 5) is 32.2. The van der Waals surface area contributed by atoms with E-state index < -0.39 is 0 Å². The molecule has 1 N–H and O–H groups in total. The lowest BCUT2D eigenvalue weighted by Gasteiger charge is -2.28. The summed E-state index contributed by atoms with van der Waals surface area (Å²) in [5.74, 6) is 0.285. The Bertz CT molecular complexity index is 1280. The van der Waals surface area contributed by atoms with Gasteiger partial charge in [0.2, 0.25) is 11.8 Å². The van der Waals surface area contributed by atoms with Crippen LogP contribution in [0.25, 0.3) is 22.0 Å². The molecule has 7 heteroatoms. The van der Waals surface area contributed by atoms with Gasteiger partial charge < -0.3 is 10.2 Å². The van der Waals surface area contributed by atoms with Crippen molar-refractivity contribution in [2.24, 2.45) is 0 Å². The van der Waals surface area contributed by atoms with E-state index in [2.05, 4.69) is 34.6 Å². The largest absolute Gasteiger partial charge is 0.310 e. The van der Waals surface area contributed by atoms with E-state index in [1.807, 2.05) is 47.8 Å². The van der Waals surface area contributed by atoms with Crippen molar-refractivity contribution >= 4 is 56.5 Å². The second-order valence-electron chi connectivity index (χ2n) is 7.20. The molecule has 3 aromatic carbocycles. The Labute approximate surface area is 188 Å². The molecule has 154 valence electrons. The number of hydrogen-bond donors (Lipinski definition) is 1. The summed E-state index contributed by atoms with van der Waals surface area (Å²) in [7, 11) is 0. The molecule has 0 unspecified atom stereocenters. The quantitative estimate of drug-likeness (QED) is 0.445. The van der Waals surface area contributed by atoms with Gasteiger partial charge in [0, 0.05) is 28.8 Å². The molecular formula is C24H19N3O2S2. The van der Waals surface area contributed by atoms with Gasteiger partial charge >= 0.3 is 0 Å². The number of benzene rings is 3. The minimum absolute atomic E-state index is 0.0318. The summed E-state index contributed by atoms with van der Waals surface area (Å²) in [6.45, 7) is 0.352. The molecule has 0 saturated carbocycles. The lowest BCUT2D eigenvalue weighted by Crippen LogP contribution is -2.37. The number of rotatable bonds is 5. The first-order valence-corrected chi connectivity index (χ1v) is 11.8. The average Bonchev–Trinajstić information content (AvgIpc) is 3.26. The molecular weight excluding hydrogens is 426 g/mol. The van der Waals surface area contributed by atoms with Crippen LogP contribution in [0.15, 0.2) is 77.0 Å². The Morgan fingerprint density at radius 1 is 1.03 bits per heavy atom. The van der Waals surface area contributed by atoms with Gasteiger partial charge in [-0.25, -0.2) is 4.98 Å². The molecule has 31 heavy (non-hydrogen) atoms. The minimum atomic E-state index is -0.150. The van der Waals surface area contributed by atoms with Gasteiger partial charge in [-0.3, -0.25) is 9.59 Å². The van der Waals surface area contributed by atoms with Crippen LogP contribution in [-0.2, 0) is 9.59 Å². The number of thioether (sulfide) groups is 1. The zero-order valence-corrected chi connectivity index (χ0v) is 18.2. The van der Waals surface area contributed by atoms with E-state index in [9.17, 15) is 9.59 Å². The monoisotopic (exact) mass is 445 g/mol. The van der Waals surface area contributed by atoms with E-state index in [0.717, 1.165) is 27.2 Å². The number of anilines is 2. The fraction of sp³-hybridized carbons (Fsp3) is 0.125. The van der Waals surface area contributed by atoms with Gasteiger partial charge in [0.1, 0.15) is 0 Å². The highest BCUT2D eigenvalue weighted by atomic mass is 32.2. The summed E-state index contributed by atoms with van der Waals surface area (Å²) >= 11 is 2.94. The molecule has 0 radical (unpaired) electrons. The number of amides is 2. The minimum Gasteiger partial charge on any atom is -0.310 e. The Morgan fingerprint density at radius 3 is 2.74 bits per heavy atom. The lowest BCUT2D eigenvalue weighted by atomic mass is 10.1. The maximum atomic E-state index is 12.5. The molecule has 1 aliphatic rings. The van der Waals surface area contributed by atoms with E-state index in [4.69, 9.17) is 0 Å². The number of fused-ring (bicyclic) bond motifs is 2. The van der Waals surface area contributed by atoms with Gasteiger partial charge in [0.25, 0.3) is 0 Å². The van der Waals surface area contributed by atoms with Gasteiger partial charge in [-0.05, 0) is 29.0 Å². The predicted molar refractivity (Wildman–Crippen MR) is 128 cm³/mol. The average molecular weight is 446 g/mol. The standard InChI is InChI=1S/C24H19N3O2S2/c28-22(11-12-27-20-7-3-4-8-21(20)30-15-23(27)29)26-24-25-19(14-31-24)18-10-9-16-5-1-2-6-17(16)13-18/h1-10,13-14H,11-12,15H2,(H,25,26,28).